The van der Waals surface area contributed by atoms with E-state index in [0.717, 1.165) is 107 Å². The van der Waals surface area contributed by atoms with Gasteiger partial charge in [-0.25, -0.2) is 19.0 Å². The third-order valence-electron chi connectivity index (χ3n) is 27.8. The van der Waals surface area contributed by atoms with Crippen LogP contribution in [-0.4, -0.2) is 380 Å². The van der Waals surface area contributed by atoms with Crippen LogP contribution in [0.5, 0.6) is 0 Å². The average Bonchev–Trinajstić information content (AvgIpc) is 1.80. The van der Waals surface area contributed by atoms with Crippen LogP contribution in [0.25, 0.3) is 0 Å². The topological polar surface area (TPSA) is 309 Å². The Kier molecular flexibility index (Phi) is 39.5. The van der Waals surface area contributed by atoms with Crippen LogP contribution < -0.4 is 0 Å². The van der Waals surface area contributed by atoms with Crippen LogP contribution in [0.2, 0.25) is 0 Å². The first kappa shape index (κ1) is 99.2. The van der Waals surface area contributed by atoms with Gasteiger partial charge in [0.05, 0.1) is 79.3 Å². The maximum absolute atomic E-state index is 5.26. The highest BCUT2D eigenvalue weighted by molar-refractivity contribution is 5.06. The molecule has 37 nitrogen and oxygen atoms in total. The first-order valence-corrected chi connectivity index (χ1v) is 48.5. The molecular formula is C92H158N36O. The SMILES string of the molecule is CCn1nnc(C2CCN(C)CC2)n1.CN1CCC(c2nnnn2C2CC2)CC1.CN1CCC(n2cccc2)CC1.CN1CCC(n2cccn2)CC1.CN1CCC(n2ccnn2)CC1.CN1CCC(n2cncn2)CC1.CN1CCC(n2nccn2)CC1.Cc1ccn(C2CCN(C)CC2)n1.Cc1cnn(C2CCN(C)CC2)c1.Cc1noc(C2(C)CCN(C)CC2)n1. The van der Waals surface area contributed by atoms with E-state index in [1.807, 2.05) is 65.9 Å². The van der Waals surface area contributed by atoms with Crippen molar-refractivity contribution in [2.45, 2.75) is 248 Å². The van der Waals surface area contributed by atoms with Crippen LogP contribution >= 0.6 is 0 Å². The van der Waals surface area contributed by atoms with Crippen LogP contribution in [0.15, 0.2) is 110 Å². The summed E-state index contributed by atoms with van der Waals surface area (Å²) in [5.74, 6) is 4.71. The Morgan fingerprint density at radius 2 is 0.868 bits per heavy atom. The summed E-state index contributed by atoms with van der Waals surface area (Å²) in [5.41, 5.74) is 2.48. The standard InChI is InChI=1S/C10H17N5.C10H17N3O.2C10H17N3.C10H16N2.C9H17N5.C9H15N3.3C8H14N4/c1-14-6-4-8(5-7-14)10-11-12-13-15(10)9-2-3-9;1-8-11-9(14-12-8)10(2)4-6-13(3)7-5-10;1-9-3-8-13(11-9)10-4-6-12(2)7-5-10;1-9-7-11-13(8-9)10-3-5-12(2)6-4-10;1-11-8-4-10(5-9-11)12-6-2-3-7-12;1-3-14-11-9(10-12-14)8-4-6-13(2)7-5-8;1-11-7-3-9(4-8-11)12-6-2-5-10-12;1-11-6-2-8(3-7-11)12-9-4-5-10-12;1-11-5-2-8(3-6-11)12-7-4-9-10-12;1-11-4-2-8(3-5-11)12-7-9-6-10-12/h8-9H,2-7H2,1H3;4-7H2,1-3H3;3,8,10H,4-7H2,1-2H3;7-8,10H,3-6H2,1-2H3;2-3,6-7,10H,4-5,8-9H2,1H3;8H,3-7H2,1-2H3;2,5-6,9H,3-4,7-8H2,1H3;4-5,8H,2-3,6-7H2,1H3;4,7-8H,2-3,5-6H2,1H3;6-8H,2-5H2,1H3. The molecule has 0 radical (unpaired) electrons. The van der Waals surface area contributed by atoms with Gasteiger partial charge in [0, 0.05) is 66.7 Å². The molecule has 712 valence electrons. The molecular weight excluding hydrogens is 1630 g/mol. The predicted molar refractivity (Wildman–Crippen MR) is 503 cm³/mol. The highest BCUT2D eigenvalue weighted by atomic mass is 16.5. The Labute approximate surface area is 768 Å². The molecule has 21 rings (SSSR count). The monoisotopic (exact) mass is 1780 g/mol. The minimum Gasteiger partial charge on any atom is -0.351 e. The number of hydrogen-bond acceptors (Lipinski definition) is 28. The zero-order valence-corrected chi connectivity index (χ0v) is 81.0. The minimum absolute atomic E-state index is 0.0910. The van der Waals surface area contributed by atoms with Gasteiger partial charge in [0.2, 0.25) is 5.89 Å². The summed E-state index contributed by atoms with van der Waals surface area (Å²) in [6.07, 6.45) is 51.6. The van der Waals surface area contributed by atoms with Crippen molar-refractivity contribution >= 4 is 0 Å². The lowest BCUT2D eigenvalue weighted by atomic mass is 9.80. The van der Waals surface area contributed by atoms with E-state index in [-0.39, 0.29) is 5.41 Å². The highest BCUT2D eigenvalue weighted by Gasteiger charge is 2.37. The zero-order chi connectivity index (χ0) is 90.9. The van der Waals surface area contributed by atoms with E-state index >= 15 is 0 Å². The number of aromatic nitrogens is 26. The van der Waals surface area contributed by atoms with Crippen LogP contribution in [0.3, 0.4) is 0 Å². The Morgan fingerprint density at radius 1 is 0.395 bits per heavy atom. The fourth-order valence-electron chi connectivity index (χ4n) is 18.4. The van der Waals surface area contributed by atoms with Crippen molar-refractivity contribution in [1.29, 1.82) is 0 Å². The van der Waals surface area contributed by atoms with E-state index in [1.165, 1.54) is 213 Å². The van der Waals surface area contributed by atoms with Gasteiger partial charge in [0.1, 0.15) is 12.7 Å². The number of nitrogens with zero attached hydrogens (tertiary/aromatic N) is 36. The van der Waals surface area contributed by atoms with Gasteiger partial charge in [-0.2, -0.15) is 45.2 Å². The molecule has 20 heterocycles. The lowest BCUT2D eigenvalue weighted by Gasteiger charge is -2.34. The van der Waals surface area contributed by atoms with E-state index in [9.17, 15) is 0 Å². The molecule has 37 heteroatoms. The van der Waals surface area contributed by atoms with E-state index in [2.05, 4.69) is 293 Å². The Morgan fingerprint density at radius 3 is 1.29 bits per heavy atom. The fourth-order valence-corrected chi connectivity index (χ4v) is 18.4. The molecule has 0 N–H and O–H groups in total. The van der Waals surface area contributed by atoms with Crippen LogP contribution in [-0.2, 0) is 12.0 Å². The quantitative estimate of drug-likeness (QED) is 0.110. The Balaban J connectivity index is 0.000000130. The maximum Gasteiger partial charge on any atom is 0.232 e. The predicted octanol–water partition coefficient (Wildman–Crippen LogP) is 10.1. The average molecular weight is 1780 g/mol. The van der Waals surface area contributed by atoms with Crippen molar-refractivity contribution in [2.24, 2.45) is 0 Å². The normalized spacial score (nSPS) is 21.6. The maximum atomic E-state index is 5.26. The van der Waals surface area contributed by atoms with Crippen molar-refractivity contribution in [3.8, 4) is 0 Å². The Hall–Kier alpha value is -8.79. The molecule has 10 saturated heterocycles. The summed E-state index contributed by atoms with van der Waals surface area (Å²) in [7, 11) is 21.7. The van der Waals surface area contributed by atoms with E-state index in [1.54, 1.807) is 29.7 Å². The summed E-state index contributed by atoms with van der Waals surface area (Å²) in [4.78, 5) is 35.5. The summed E-state index contributed by atoms with van der Waals surface area (Å²) < 4.78 is 20.0. The second-order valence-electron chi connectivity index (χ2n) is 38.6. The molecule has 10 aliphatic heterocycles. The summed E-state index contributed by atoms with van der Waals surface area (Å²) >= 11 is 0. The second-order valence-corrected chi connectivity index (χ2v) is 38.6. The van der Waals surface area contributed by atoms with Gasteiger partial charge in [0.25, 0.3) is 0 Å². The molecule has 129 heavy (non-hydrogen) atoms. The van der Waals surface area contributed by atoms with Gasteiger partial charge in [-0.3, -0.25) is 14.0 Å². The van der Waals surface area contributed by atoms with E-state index in [4.69, 9.17) is 4.52 Å². The van der Waals surface area contributed by atoms with Crippen molar-refractivity contribution in [1.82, 2.24) is 178 Å². The number of piperidine rings is 10. The molecule has 11 aliphatic rings. The summed E-state index contributed by atoms with van der Waals surface area (Å²) in [6.45, 7) is 34.6. The number of aryl methyl sites for hydroxylation is 4. The molecule has 0 bridgehead atoms. The minimum atomic E-state index is 0.0910. The smallest absolute Gasteiger partial charge is 0.232 e. The van der Waals surface area contributed by atoms with Gasteiger partial charge in [-0.1, -0.05) is 17.3 Å². The van der Waals surface area contributed by atoms with Crippen LogP contribution in [0.4, 0.5) is 0 Å². The number of rotatable bonds is 12. The van der Waals surface area contributed by atoms with Gasteiger partial charge in [-0.15, -0.1) is 20.4 Å². The van der Waals surface area contributed by atoms with E-state index in [0.29, 0.717) is 54.1 Å². The van der Waals surface area contributed by atoms with Crippen molar-refractivity contribution in [3.05, 3.63) is 140 Å². The van der Waals surface area contributed by atoms with E-state index < -0.39 is 0 Å². The molecule has 0 spiro atoms. The largest absolute Gasteiger partial charge is 0.351 e. The number of hydrogen-bond donors (Lipinski definition) is 0. The van der Waals surface area contributed by atoms with Gasteiger partial charge in [-0.05, 0) is 416 Å². The van der Waals surface area contributed by atoms with Crippen molar-refractivity contribution in [3.63, 3.8) is 0 Å². The molecule has 0 aromatic carbocycles. The van der Waals surface area contributed by atoms with Gasteiger partial charge >= 0.3 is 0 Å². The van der Waals surface area contributed by atoms with Crippen LogP contribution in [0.1, 0.15) is 250 Å². The summed E-state index contributed by atoms with van der Waals surface area (Å²) in [5, 5.41) is 61.8. The fraction of sp³-hybridized carbons (Fsp3) is 0.750. The number of likely N-dealkylation sites (tertiary alicyclic amines) is 10. The third-order valence-corrected chi connectivity index (χ3v) is 27.8. The zero-order valence-electron chi connectivity index (χ0n) is 81.0. The first-order chi connectivity index (χ1) is 62.5. The summed E-state index contributed by atoms with van der Waals surface area (Å²) in [6, 6.07) is 13.2. The third kappa shape index (κ3) is 32.3. The Bertz CT molecular complexity index is 4120. The number of tetrazole rings is 2. The van der Waals surface area contributed by atoms with Gasteiger partial charge < -0.3 is 58.1 Å². The molecule has 1 saturated carbocycles. The lowest BCUT2D eigenvalue weighted by molar-refractivity contribution is 0.165. The second kappa shape index (κ2) is 51.3. The highest BCUT2D eigenvalue weighted by Crippen LogP contribution is 2.38. The molecule has 10 aromatic rings. The molecule has 0 amide bonds. The molecule has 0 atom stereocenters. The van der Waals surface area contributed by atoms with Crippen molar-refractivity contribution < 1.29 is 4.52 Å². The lowest BCUT2D eigenvalue weighted by Crippen LogP contribution is -2.39. The molecule has 11 fully saturated rings. The van der Waals surface area contributed by atoms with Crippen molar-refractivity contribution in [2.75, 3.05) is 201 Å². The first-order valence-electron chi connectivity index (χ1n) is 48.5. The van der Waals surface area contributed by atoms with Gasteiger partial charge in [0.15, 0.2) is 17.5 Å². The molecule has 0 unspecified atom stereocenters. The van der Waals surface area contributed by atoms with Crippen LogP contribution in [0, 0.1) is 20.8 Å². The molecule has 10 aromatic heterocycles. The molecule has 1 aliphatic carbocycles.